The second-order valence-corrected chi connectivity index (χ2v) is 8.55. The van der Waals surface area contributed by atoms with Crippen LogP contribution in [-0.2, 0) is 28.3 Å². The Morgan fingerprint density at radius 3 is 2.69 bits per heavy atom. The molecule has 1 aliphatic rings. The summed E-state index contributed by atoms with van der Waals surface area (Å²) in [5.74, 6) is -0.496. The third-order valence-electron chi connectivity index (χ3n) is 5.22. The third-order valence-corrected chi connectivity index (χ3v) is 6.38. The van der Waals surface area contributed by atoms with Gasteiger partial charge in [0, 0.05) is 28.9 Å². The Kier molecular flexibility index (Phi) is 6.59. The van der Waals surface area contributed by atoms with Gasteiger partial charge in [-0.15, -0.1) is 4.72 Å². The molecule has 3 N–H and O–H groups in total. The maximum Gasteiger partial charge on any atom is 0.474 e. The summed E-state index contributed by atoms with van der Waals surface area (Å²) in [5.41, 5.74) is 3.63. The van der Waals surface area contributed by atoms with Crippen molar-refractivity contribution in [1.29, 1.82) is 0 Å². The quantitative estimate of drug-likeness (QED) is 0.388. The number of rotatable bonds is 8. The Balaban J connectivity index is 1.37. The van der Waals surface area contributed by atoms with E-state index in [9.17, 15) is 14.6 Å². The predicted molar refractivity (Wildman–Crippen MR) is 113 cm³/mol. The molecule has 0 amide bonds. The molecule has 1 saturated heterocycles. The summed E-state index contributed by atoms with van der Waals surface area (Å²) in [6.07, 6.45) is 4.17. The first-order valence-electron chi connectivity index (χ1n) is 9.76. The summed E-state index contributed by atoms with van der Waals surface area (Å²) in [7, 11) is -1.64. The van der Waals surface area contributed by atoms with Crippen LogP contribution in [0.4, 0.5) is 0 Å². The normalized spacial score (nSPS) is 18.8. The lowest BCUT2D eigenvalue weighted by Crippen LogP contribution is -2.48. The highest BCUT2D eigenvalue weighted by atomic mass is 32.2. The van der Waals surface area contributed by atoms with Crippen molar-refractivity contribution in [2.75, 3.05) is 6.61 Å². The number of para-hydroxylation sites is 1. The number of ether oxygens (including phenoxy) is 1. The van der Waals surface area contributed by atoms with Gasteiger partial charge in [-0.1, -0.05) is 42.5 Å². The predicted octanol–water partition coefficient (Wildman–Crippen LogP) is 2.66. The molecule has 2 heterocycles. The Hall–Kier alpha value is -1.81. The standard InChI is InChI=1S/C21H24BNO5S/c24-22(25)21(12-17-13-28-20-5-2-1-4-18(17)20)23-29(26)14-15-7-9-16(10-8-15)19-6-3-11-27-19/h1-2,4-5,7-10,13,19,21,23-25H,3,6,11-12,14H2/t19?,21-,29?/m0/s1. The average Bonchev–Trinajstić information content (AvgIpc) is 3.38. The lowest BCUT2D eigenvalue weighted by molar-refractivity contribution is 0.112. The molecule has 0 aliphatic carbocycles. The number of benzene rings is 2. The van der Waals surface area contributed by atoms with Crippen molar-refractivity contribution in [3.05, 3.63) is 71.5 Å². The summed E-state index contributed by atoms with van der Waals surface area (Å²) >= 11 is -1.46. The lowest BCUT2D eigenvalue weighted by atomic mass is 9.77. The van der Waals surface area contributed by atoms with Crippen molar-refractivity contribution in [2.24, 2.45) is 0 Å². The number of nitrogens with one attached hydrogen (secondary N) is 1. The Morgan fingerprint density at radius 2 is 1.97 bits per heavy atom. The Morgan fingerprint density at radius 1 is 1.17 bits per heavy atom. The third kappa shape index (κ3) is 5.03. The second kappa shape index (κ2) is 9.34. The van der Waals surface area contributed by atoms with E-state index in [1.807, 2.05) is 48.5 Å². The molecule has 0 spiro atoms. The molecule has 6 nitrogen and oxygen atoms in total. The van der Waals surface area contributed by atoms with Crippen molar-refractivity contribution in [3.63, 3.8) is 0 Å². The molecule has 1 fully saturated rings. The first-order chi connectivity index (χ1) is 14.1. The minimum Gasteiger partial charge on any atom is -0.598 e. The smallest absolute Gasteiger partial charge is 0.474 e. The fourth-order valence-corrected chi connectivity index (χ4v) is 4.79. The van der Waals surface area contributed by atoms with Gasteiger partial charge in [-0.3, -0.25) is 0 Å². The fourth-order valence-electron chi connectivity index (χ4n) is 3.67. The molecule has 3 atom stereocenters. The van der Waals surface area contributed by atoms with Crippen LogP contribution in [-0.4, -0.2) is 34.3 Å². The SMILES string of the molecule is [O-][S+](Cc1ccc(C2CCCO2)cc1)N[C@@H](Cc1coc2ccccc12)B(O)O. The van der Waals surface area contributed by atoms with Crippen molar-refractivity contribution < 1.29 is 23.8 Å². The molecule has 0 radical (unpaired) electrons. The van der Waals surface area contributed by atoms with E-state index < -0.39 is 24.4 Å². The summed E-state index contributed by atoms with van der Waals surface area (Å²) in [6, 6.07) is 15.5. The largest absolute Gasteiger partial charge is 0.598 e. The number of furan rings is 1. The van der Waals surface area contributed by atoms with Crippen molar-refractivity contribution in [1.82, 2.24) is 4.72 Å². The lowest BCUT2D eigenvalue weighted by Gasteiger charge is -2.19. The molecular formula is C21H24BNO5S. The van der Waals surface area contributed by atoms with Crippen LogP contribution in [0.15, 0.2) is 59.2 Å². The van der Waals surface area contributed by atoms with Crippen molar-refractivity contribution >= 4 is 29.4 Å². The van der Waals surface area contributed by atoms with Crippen molar-refractivity contribution in [2.45, 2.75) is 37.1 Å². The molecule has 8 heteroatoms. The topological polar surface area (TPSA) is 97.9 Å². The van der Waals surface area contributed by atoms with Gasteiger partial charge in [-0.05, 0) is 36.5 Å². The van der Waals surface area contributed by atoms with E-state index in [1.54, 1.807) is 6.26 Å². The number of hydrogen-bond acceptors (Lipinski definition) is 6. The molecule has 29 heavy (non-hydrogen) atoms. The monoisotopic (exact) mass is 413 g/mol. The molecule has 3 aromatic rings. The maximum atomic E-state index is 12.6. The second-order valence-electron chi connectivity index (χ2n) is 7.33. The van der Waals surface area contributed by atoms with Gasteiger partial charge in [0.2, 0.25) is 0 Å². The highest BCUT2D eigenvalue weighted by Gasteiger charge is 2.29. The first-order valence-corrected chi connectivity index (χ1v) is 11.1. The zero-order valence-electron chi connectivity index (χ0n) is 16.0. The summed E-state index contributed by atoms with van der Waals surface area (Å²) in [5, 5.41) is 20.5. The van der Waals surface area contributed by atoms with Gasteiger partial charge in [-0.25, -0.2) is 0 Å². The van der Waals surface area contributed by atoms with Crippen LogP contribution in [0.5, 0.6) is 0 Å². The van der Waals surface area contributed by atoms with Gasteiger partial charge in [0.15, 0.2) is 5.75 Å². The molecular weight excluding hydrogens is 389 g/mol. The molecule has 4 rings (SSSR count). The molecule has 152 valence electrons. The van der Waals surface area contributed by atoms with Crippen LogP contribution in [0.2, 0.25) is 0 Å². The highest BCUT2D eigenvalue weighted by Crippen LogP contribution is 2.28. The highest BCUT2D eigenvalue weighted by molar-refractivity contribution is 7.88. The average molecular weight is 413 g/mol. The van der Waals surface area contributed by atoms with Crippen LogP contribution in [0, 0.1) is 0 Å². The van der Waals surface area contributed by atoms with Crippen LogP contribution < -0.4 is 4.72 Å². The van der Waals surface area contributed by atoms with Crippen molar-refractivity contribution in [3.8, 4) is 0 Å². The zero-order chi connectivity index (χ0) is 20.2. The summed E-state index contributed by atoms with van der Waals surface area (Å²) in [4.78, 5) is 0. The Labute approximate surface area is 173 Å². The molecule has 1 aliphatic heterocycles. The molecule has 0 saturated carbocycles. The van der Waals surface area contributed by atoms with E-state index in [4.69, 9.17) is 9.15 Å². The van der Waals surface area contributed by atoms with Crippen LogP contribution in [0.1, 0.15) is 35.6 Å². The summed E-state index contributed by atoms with van der Waals surface area (Å²) in [6.45, 7) is 0.803. The maximum absolute atomic E-state index is 12.6. The van der Waals surface area contributed by atoms with E-state index in [2.05, 4.69) is 4.72 Å². The minimum atomic E-state index is -1.64. The van der Waals surface area contributed by atoms with E-state index in [0.29, 0.717) is 6.42 Å². The molecule has 2 unspecified atom stereocenters. The molecule has 2 aromatic carbocycles. The van der Waals surface area contributed by atoms with E-state index >= 15 is 0 Å². The fraction of sp³-hybridized carbons (Fsp3) is 0.333. The first kappa shape index (κ1) is 20.5. The molecule has 1 aromatic heterocycles. The number of hydrogen-bond donors (Lipinski definition) is 3. The van der Waals surface area contributed by atoms with E-state index in [1.165, 1.54) is 0 Å². The number of fused-ring (bicyclic) bond motifs is 1. The van der Waals surface area contributed by atoms with Crippen LogP contribution in [0.3, 0.4) is 0 Å². The van der Waals surface area contributed by atoms with E-state index in [-0.39, 0.29) is 11.9 Å². The van der Waals surface area contributed by atoms with Gasteiger partial charge >= 0.3 is 7.12 Å². The zero-order valence-corrected chi connectivity index (χ0v) is 16.8. The summed E-state index contributed by atoms with van der Waals surface area (Å²) < 4.78 is 26.6. The van der Waals surface area contributed by atoms with Gasteiger partial charge < -0.3 is 23.8 Å². The van der Waals surface area contributed by atoms with Crippen LogP contribution >= 0.6 is 0 Å². The van der Waals surface area contributed by atoms with Gasteiger partial charge in [0.05, 0.1) is 18.3 Å². The van der Waals surface area contributed by atoms with E-state index in [0.717, 1.165) is 47.1 Å². The van der Waals surface area contributed by atoms with Crippen LogP contribution in [0.25, 0.3) is 11.0 Å². The molecule has 0 bridgehead atoms. The van der Waals surface area contributed by atoms with Gasteiger partial charge in [0.1, 0.15) is 5.58 Å². The Bertz CT molecular complexity index is 926. The van der Waals surface area contributed by atoms with Gasteiger partial charge in [0.25, 0.3) is 0 Å². The van der Waals surface area contributed by atoms with Gasteiger partial charge in [-0.2, -0.15) is 0 Å². The minimum absolute atomic E-state index is 0.159.